The number of nitrogens with zero attached hydrogens (tertiary/aromatic N) is 3. The Labute approximate surface area is 133 Å². The second-order valence-electron chi connectivity index (χ2n) is 5.52. The predicted molar refractivity (Wildman–Crippen MR) is 88.4 cm³/mol. The second-order valence-corrected chi connectivity index (χ2v) is 6.81. The molecule has 116 valence electrons. The Kier molecular flexibility index (Phi) is 4.20. The number of carbonyl (C=O) groups is 1. The lowest BCUT2D eigenvalue weighted by atomic mass is 10.2. The van der Waals surface area contributed by atoms with Crippen molar-refractivity contribution < 1.29 is 4.79 Å². The van der Waals surface area contributed by atoms with Crippen molar-refractivity contribution in [3.63, 3.8) is 0 Å². The zero-order valence-electron chi connectivity index (χ0n) is 12.8. The van der Waals surface area contributed by atoms with Gasteiger partial charge in [-0.15, -0.1) is 11.8 Å². The van der Waals surface area contributed by atoms with E-state index in [1.54, 1.807) is 18.0 Å². The molecule has 0 bridgehead atoms. The Morgan fingerprint density at radius 3 is 3.09 bits per heavy atom. The number of thioether (sulfide) groups is 1. The van der Waals surface area contributed by atoms with Crippen molar-refractivity contribution in [1.29, 1.82) is 0 Å². The summed E-state index contributed by atoms with van der Waals surface area (Å²) < 4.78 is 1.44. The Bertz CT molecular complexity index is 772. The molecule has 0 radical (unpaired) electrons. The lowest BCUT2D eigenvalue weighted by molar-refractivity contribution is 0.0754. The average Bonchev–Trinajstić information content (AvgIpc) is 2.95. The van der Waals surface area contributed by atoms with Crippen molar-refractivity contribution in [2.24, 2.45) is 0 Å². The van der Waals surface area contributed by atoms with Crippen molar-refractivity contribution in [3.05, 3.63) is 46.0 Å². The van der Waals surface area contributed by atoms with E-state index in [4.69, 9.17) is 0 Å². The fourth-order valence-corrected chi connectivity index (χ4v) is 4.08. The van der Waals surface area contributed by atoms with Gasteiger partial charge in [0.1, 0.15) is 11.2 Å². The molecule has 1 atom stereocenters. The molecule has 1 unspecified atom stereocenters. The average molecular weight is 317 g/mol. The number of pyridine rings is 1. The van der Waals surface area contributed by atoms with Crippen molar-refractivity contribution >= 4 is 23.3 Å². The largest absolute Gasteiger partial charge is 0.326 e. The zero-order valence-corrected chi connectivity index (χ0v) is 13.6. The van der Waals surface area contributed by atoms with Crippen LogP contribution in [0.3, 0.4) is 0 Å². The fourth-order valence-electron chi connectivity index (χ4n) is 2.72. The smallest absolute Gasteiger partial charge is 0.270 e. The molecule has 3 rings (SSSR count). The van der Waals surface area contributed by atoms with E-state index in [2.05, 4.69) is 11.9 Å². The number of hydrogen-bond donors (Lipinski definition) is 0. The summed E-state index contributed by atoms with van der Waals surface area (Å²) in [4.78, 5) is 31.4. The van der Waals surface area contributed by atoms with Gasteiger partial charge in [-0.25, -0.2) is 4.98 Å². The minimum Gasteiger partial charge on any atom is -0.326 e. The van der Waals surface area contributed by atoms with E-state index in [0.29, 0.717) is 12.2 Å². The van der Waals surface area contributed by atoms with E-state index < -0.39 is 0 Å². The van der Waals surface area contributed by atoms with Gasteiger partial charge in [-0.3, -0.25) is 14.0 Å². The Hall–Kier alpha value is -1.82. The summed E-state index contributed by atoms with van der Waals surface area (Å²) in [5.41, 5.74) is 1.47. The SMILES string of the molecule is CCCC1SCCN1C(=O)c1cnc2cc(C)ccn2c1=O. The van der Waals surface area contributed by atoms with Gasteiger partial charge in [-0.2, -0.15) is 0 Å². The molecule has 0 saturated carbocycles. The van der Waals surface area contributed by atoms with Gasteiger partial charge in [-0.1, -0.05) is 13.3 Å². The first kappa shape index (κ1) is 15.1. The van der Waals surface area contributed by atoms with Gasteiger partial charge in [0.05, 0.1) is 5.37 Å². The first-order chi connectivity index (χ1) is 10.6. The molecule has 1 aliphatic heterocycles. The van der Waals surface area contributed by atoms with Gasteiger partial charge in [0, 0.05) is 24.7 Å². The van der Waals surface area contributed by atoms with Crippen LogP contribution in [0.2, 0.25) is 0 Å². The molecule has 1 aliphatic rings. The zero-order chi connectivity index (χ0) is 15.7. The van der Waals surface area contributed by atoms with E-state index in [-0.39, 0.29) is 22.4 Å². The van der Waals surface area contributed by atoms with Gasteiger partial charge in [0.15, 0.2) is 0 Å². The van der Waals surface area contributed by atoms with Gasteiger partial charge in [0.2, 0.25) is 0 Å². The molecule has 2 aromatic heterocycles. The number of carbonyl (C=O) groups excluding carboxylic acids is 1. The monoisotopic (exact) mass is 317 g/mol. The summed E-state index contributed by atoms with van der Waals surface area (Å²) in [7, 11) is 0. The highest BCUT2D eigenvalue weighted by molar-refractivity contribution is 8.00. The van der Waals surface area contributed by atoms with Crippen LogP contribution >= 0.6 is 11.8 Å². The minimum atomic E-state index is -0.290. The maximum Gasteiger partial charge on any atom is 0.270 e. The number of aryl methyl sites for hydroxylation is 1. The first-order valence-electron chi connectivity index (χ1n) is 7.52. The molecule has 1 amide bonds. The molecule has 1 saturated heterocycles. The minimum absolute atomic E-state index is 0.157. The highest BCUT2D eigenvalue weighted by atomic mass is 32.2. The number of aromatic nitrogens is 2. The van der Waals surface area contributed by atoms with Crippen LogP contribution in [0.15, 0.2) is 29.3 Å². The van der Waals surface area contributed by atoms with Gasteiger partial charge in [0.25, 0.3) is 11.5 Å². The van der Waals surface area contributed by atoms with E-state index in [0.717, 1.165) is 24.2 Å². The molecule has 22 heavy (non-hydrogen) atoms. The Morgan fingerprint density at radius 2 is 2.32 bits per heavy atom. The fraction of sp³-hybridized carbons (Fsp3) is 0.438. The Balaban J connectivity index is 1.99. The summed E-state index contributed by atoms with van der Waals surface area (Å²) >= 11 is 1.79. The molecular weight excluding hydrogens is 298 g/mol. The number of amides is 1. The topological polar surface area (TPSA) is 54.7 Å². The molecule has 0 aliphatic carbocycles. The van der Waals surface area contributed by atoms with Gasteiger partial charge < -0.3 is 4.90 Å². The molecule has 2 aromatic rings. The molecule has 0 spiro atoms. The Morgan fingerprint density at radius 1 is 1.50 bits per heavy atom. The summed E-state index contributed by atoms with van der Waals surface area (Å²) in [5.74, 6) is 0.730. The van der Waals surface area contributed by atoms with Crippen molar-refractivity contribution in [2.45, 2.75) is 32.1 Å². The molecule has 3 heterocycles. The highest BCUT2D eigenvalue weighted by Crippen LogP contribution is 2.28. The van der Waals surface area contributed by atoms with Crippen LogP contribution in [0.1, 0.15) is 35.7 Å². The molecule has 5 nitrogen and oxygen atoms in total. The van der Waals surface area contributed by atoms with E-state index in [9.17, 15) is 9.59 Å². The summed E-state index contributed by atoms with van der Waals surface area (Å²) in [6, 6.07) is 3.68. The third-order valence-corrected chi connectivity index (χ3v) is 5.18. The van der Waals surface area contributed by atoms with Crippen LogP contribution in [-0.2, 0) is 0 Å². The number of rotatable bonds is 3. The molecule has 6 heteroatoms. The molecule has 1 fully saturated rings. The van der Waals surface area contributed by atoms with Crippen LogP contribution in [0.4, 0.5) is 0 Å². The molecule has 0 N–H and O–H groups in total. The van der Waals surface area contributed by atoms with Gasteiger partial charge >= 0.3 is 0 Å². The van der Waals surface area contributed by atoms with Crippen LogP contribution in [0, 0.1) is 6.92 Å². The standard InChI is InChI=1S/C16H19N3O2S/c1-3-4-14-19(7-8-22-14)16(21)12-10-17-13-9-11(2)5-6-18(13)15(12)20/h5-6,9-10,14H,3-4,7-8H2,1-2H3. The van der Waals surface area contributed by atoms with Crippen LogP contribution in [-0.4, -0.2) is 37.9 Å². The van der Waals surface area contributed by atoms with E-state index in [1.807, 2.05) is 24.0 Å². The third-order valence-electron chi connectivity index (χ3n) is 3.88. The quantitative estimate of drug-likeness (QED) is 0.872. The lowest BCUT2D eigenvalue weighted by Gasteiger charge is -2.23. The predicted octanol–water partition coefficient (Wildman–Crippen LogP) is 2.32. The van der Waals surface area contributed by atoms with Crippen LogP contribution in [0.25, 0.3) is 5.65 Å². The normalized spacial score (nSPS) is 18.1. The van der Waals surface area contributed by atoms with Gasteiger partial charge in [-0.05, 0) is 31.0 Å². The number of fused-ring (bicyclic) bond motifs is 1. The van der Waals surface area contributed by atoms with E-state index >= 15 is 0 Å². The van der Waals surface area contributed by atoms with E-state index in [1.165, 1.54) is 10.6 Å². The number of hydrogen-bond acceptors (Lipinski definition) is 4. The van der Waals surface area contributed by atoms with Crippen molar-refractivity contribution in [2.75, 3.05) is 12.3 Å². The van der Waals surface area contributed by atoms with Crippen molar-refractivity contribution in [1.82, 2.24) is 14.3 Å². The second kappa shape index (κ2) is 6.12. The van der Waals surface area contributed by atoms with Crippen LogP contribution in [0.5, 0.6) is 0 Å². The van der Waals surface area contributed by atoms with Crippen LogP contribution < -0.4 is 5.56 Å². The molecular formula is C16H19N3O2S. The highest BCUT2D eigenvalue weighted by Gasteiger charge is 2.30. The summed E-state index contributed by atoms with van der Waals surface area (Å²) in [6.07, 6.45) is 5.08. The molecule has 0 aromatic carbocycles. The summed E-state index contributed by atoms with van der Waals surface area (Å²) in [6.45, 7) is 4.75. The summed E-state index contributed by atoms with van der Waals surface area (Å²) in [5, 5.41) is 0.176. The van der Waals surface area contributed by atoms with Crippen molar-refractivity contribution in [3.8, 4) is 0 Å². The maximum atomic E-state index is 12.7. The lowest BCUT2D eigenvalue weighted by Crippen LogP contribution is -2.38. The third kappa shape index (κ3) is 2.63. The first-order valence-corrected chi connectivity index (χ1v) is 8.57. The maximum absolute atomic E-state index is 12.7.